The maximum Gasteiger partial charge on any atom is 0.129 e. The Morgan fingerprint density at radius 2 is 1.71 bits per heavy atom. The van der Waals surface area contributed by atoms with Gasteiger partial charge in [0, 0.05) is 5.56 Å². The highest BCUT2D eigenvalue weighted by molar-refractivity contribution is 6.42. The Bertz CT molecular complexity index is 543. The van der Waals surface area contributed by atoms with Crippen LogP contribution < -0.4 is 0 Å². The molecule has 2 aromatic carbocycles. The summed E-state index contributed by atoms with van der Waals surface area (Å²) in [5.74, 6) is -0.453. The molecule has 2 rings (SSSR count). The second-order valence-corrected chi connectivity index (χ2v) is 4.41. The minimum absolute atomic E-state index is 0.214. The van der Waals surface area contributed by atoms with Gasteiger partial charge in [-0.2, -0.15) is 0 Å². The Morgan fingerprint density at radius 3 is 2.35 bits per heavy atom. The lowest BCUT2D eigenvalue weighted by atomic mass is 10.0. The van der Waals surface area contributed by atoms with Crippen molar-refractivity contribution in [3.05, 3.63) is 69.5 Å². The molecule has 1 unspecified atom stereocenters. The molecule has 0 heterocycles. The number of benzene rings is 2. The number of hydrogen-bond donors (Lipinski definition) is 1. The van der Waals surface area contributed by atoms with Crippen LogP contribution in [0.5, 0.6) is 0 Å². The zero-order valence-corrected chi connectivity index (χ0v) is 10.2. The van der Waals surface area contributed by atoms with Crippen molar-refractivity contribution in [1.29, 1.82) is 0 Å². The first-order valence-corrected chi connectivity index (χ1v) is 5.72. The van der Waals surface area contributed by atoms with Crippen LogP contribution in [0.2, 0.25) is 10.0 Å². The quantitative estimate of drug-likeness (QED) is 0.867. The molecule has 0 radical (unpaired) electrons. The van der Waals surface area contributed by atoms with Gasteiger partial charge < -0.3 is 5.11 Å². The highest BCUT2D eigenvalue weighted by atomic mass is 35.5. The van der Waals surface area contributed by atoms with Crippen molar-refractivity contribution in [3.63, 3.8) is 0 Å². The zero-order chi connectivity index (χ0) is 12.4. The molecule has 1 nitrogen and oxygen atoms in total. The molecule has 1 atom stereocenters. The first-order valence-electron chi connectivity index (χ1n) is 4.97. The molecule has 0 saturated carbocycles. The number of aliphatic hydroxyl groups is 1. The molecule has 1 N–H and O–H groups in total. The molecule has 0 aromatic heterocycles. The van der Waals surface area contributed by atoms with Crippen molar-refractivity contribution < 1.29 is 9.50 Å². The lowest BCUT2D eigenvalue weighted by Crippen LogP contribution is -2.02. The van der Waals surface area contributed by atoms with E-state index in [1.807, 2.05) is 0 Å². The van der Waals surface area contributed by atoms with Crippen LogP contribution in [0.3, 0.4) is 0 Å². The van der Waals surface area contributed by atoms with Gasteiger partial charge in [0.2, 0.25) is 0 Å². The second kappa shape index (κ2) is 5.05. The largest absolute Gasteiger partial charge is 0.384 e. The van der Waals surface area contributed by atoms with Gasteiger partial charge in [0.25, 0.3) is 0 Å². The van der Waals surface area contributed by atoms with E-state index >= 15 is 0 Å². The summed E-state index contributed by atoms with van der Waals surface area (Å²) in [6.45, 7) is 0. The lowest BCUT2D eigenvalue weighted by Gasteiger charge is -2.12. The predicted molar refractivity (Wildman–Crippen MR) is 66.9 cm³/mol. The summed E-state index contributed by atoms with van der Waals surface area (Å²) in [5, 5.41) is 10.8. The van der Waals surface area contributed by atoms with Crippen LogP contribution in [0.1, 0.15) is 17.2 Å². The molecule has 2 aromatic rings. The van der Waals surface area contributed by atoms with Crippen LogP contribution >= 0.6 is 23.2 Å². The van der Waals surface area contributed by atoms with Crippen LogP contribution in [-0.4, -0.2) is 5.11 Å². The standard InChI is InChI=1S/C13H9Cl2FO/c14-10-6-5-8(7-11(10)15)13(17)9-3-1-2-4-12(9)16/h1-7,13,17H. The molecule has 0 spiro atoms. The minimum atomic E-state index is -1.05. The maximum atomic E-state index is 13.5. The molecule has 0 aliphatic rings. The third kappa shape index (κ3) is 2.60. The number of halogens is 3. The van der Waals surface area contributed by atoms with Crippen molar-refractivity contribution in [2.75, 3.05) is 0 Å². The third-order valence-electron chi connectivity index (χ3n) is 2.46. The van der Waals surface area contributed by atoms with E-state index in [0.717, 1.165) is 0 Å². The summed E-state index contributed by atoms with van der Waals surface area (Å²) in [5.41, 5.74) is 0.718. The fourth-order valence-electron chi connectivity index (χ4n) is 1.56. The average Bonchev–Trinajstić information content (AvgIpc) is 2.32. The van der Waals surface area contributed by atoms with Crippen molar-refractivity contribution in [3.8, 4) is 0 Å². The van der Waals surface area contributed by atoms with E-state index in [4.69, 9.17) is 23.2 Å². The van der Waals surface area contributed by atoms with E-state index < -0.39 is 11.9 Å². The first-order chi connectivity index (χ1) is 8.09. The Balaban J connectivity index is 2.40. The summed E-state index contributed by atoms with van der Waals surface area (Å²) in [6.07, 6.45) is -1.05. The van der Waals surface area contributed by atoms with E-state index in [1.165, 1.54) is 18.2 Å². The van der Waals surface area contributed by atoms with Gasteiger partial charge >= 0.3 is 0 Å². The van der Waals surface area contributed by atoms with Crippen molar-refractivity contribution >= 4 is 23.2 Å². The Kier molecular flexibility index (Phi) is 3.67. The smallest absolute Gasteiger partial charge is 0.129 e. The highest BCUT2D eigenvalue weighted by Gasteiger charge is 2.15. The van der Waals surface area contributed by atoms with Crippen molar-refractivity contribution in [1.82, 2.24) is 0 Å². The molecule has 4 heteroatoms. The van der Waals surface area contributed by atoms with Gasteiger partial charge in [-0.3, -0.25) is 0 Å². The van der Waals surface area contributed by atoms with E-state index in [-0.39, 0.29) is 5.56 Å². The lowest BCUT2D eigenvalue weighted by molar-refractivity contribution is 0.215. The molecule has 0 fully saturated rings. The highest BCUT2D eigenvalue weighted by Crippen LogP contribution is 2.29. The van der Waals surface area contributed by atoms with Crippen LogP contribution in [0, 0.1) is 5.82 Å². The monoisotopic (exact) mass is 270 g/mol. The van der Waals surface area contributed by atoms with E-state index in [2.05, 4.69) is 0 Å². The van der Waals surface area contributed by atoms with Crippen LogP contribution in [0.25, 0.3) is 0 Å². The number of rotatable bonds is 2. The topological polar surface area (TPSA) is 20.2 Å². The molecule has 0 amide bonds. The van der Waals surface area contributed by atoms with Gasteiger partial charge in [0.1, 0.15) is 11.9 Å². The SMILES string of the molecule is OC(c1ccc(Cl)c(Cl)c1)c1ccccc1F. The first kappa shape index (κ1) is 12.4. The van der Waals surface area contributed by atoms with Gasteiger partial charge in [0.05, 0.1) is 10.0 Å². The maximum absolute atomic E-state index is 13.5. The molecule has 0 bridgehead atoms. The Labute approximate surface area is 108 Å². The zero-order valence-electron chi connectivity index (χ0n) is 8.70. The molecule has 17 heavy (non-hydrogen) atoms. The van der Waals surface area contributed by atoms with E-state index in [1.54, 1.807) is 24.3 Å². The summed E-state index contributed by atoms with van der Waals surface area (Å²) in [7, 11) is 0. The summed E-state index contributed by atoms with van der Waals surface area (Å²) < 4.78 is 13.5. The Hall–Kier alpha value is -1.09. The van der Waals surface area contributed by atoms with Gasteiger partial charge in [0.15, 0.2) is 0 Å². The average molecular weight is 271 g/mol. The fraction of sp³-hybridized carbons (Fsp3) is 0.0769. The molecular weight excluding hydrogens is 262 g/mol. The van der Waals surface area contributed by atoms with Gasteiger partial charge in [-0.25, -0.2) is 4.39 Å². The second-order valence-electron chi connectivity index (χ2n) is 3.60. The van der Waals surface area contributed by atoms with E-state index in [0.29, 0.717) is 15.6 Å². The molecular formula is C13H9Cl2FO. The number of hydrogen-bond acceptors (Lipinski definition) is 1. The normalized spacial score (nSPS) is 12.5. The van der Waals surface area contributed by atoms with Crippen LogP contribution in [0.15, 0.2) is 42.5 Å². The van der Waals surface area contributed by atoms with Crippen LogP contribution in [0.4, 0.5) is 4.39 Å². The summed E-state index contributed by atoms with van der Waals surface area (Å²) >= 11 is 11.6. The number of aliphatic hydroxyl groups excluding tert-OH is 1. The molecule has 0 aliphatic heterocycles. The van der Waals surface area contributed by atoms with Gasteiger partial charge in [-0.1, -0.05) is 47.5 Å². The van der Waals surface area contributed by atoms with Crippen LogP contribution in [-0.2, 0) is 0 Å². The predicted octanol–water partition coefficient (Wildman–Crippen LogP) is 4.21. The minimum Gasteiger partial charge on any atom is -0.384 e. The molecule has 0 aliphatic carbocycles. The van der Waals surface area contributed by atoms with Gasteiger partial charge in [-0.05, 0) is 23.8 Å². The third-order valence-corrected chi connectivity index (χ3v) is 3.20. The Morgan fingerprint density at radius 1 is 1.00 bits per heavy atom. The van der Waals surface area contributed by atoms with Gasteiger partial charge in [-0.15, -0.1) is 0 Å². The van der Waals surface area contributed by atoms with Crippen molar-refractivity contribution in [2.24, 2.45) is 0 Å². The van der Waals surface area contributed by atoms with Crippen molar-refractivity contribution in [2.45, 2.75) is 6.10 Å². The molecule has 0 saturated heterocycles. The summed E-state index contributed by atoms with van der Waals surface area (Å²) in [6, 6.07) is 10.8. The fourth-order valence-corrected chi connectivity index (χ4v) is 1.87. The summed E-state index contributed by atoms with van der Waals surface area (Å²) in [4.78, 5) is 0. The van der Waals surface area contributed by atoms with E-state index in [9.17, 15) is 9.50 Å². The molecule has 88 valence electrons.